The van der Waals surface area contributed by atoms with Crippen LogP contribution in [-0.2, 0) is 44.8 Å². The first-order chi connectivity index (χ1) is 24.9. The minimum Gasteiger partial charge on any atom is -0.508 e. The molecule has 7 amide bonds. The van der Waals surface area contributed by atoms with Gasteiger partial charge in [-0.25, -0.2) is 4.79 Å². The molecule has 0 radical (unpaired) electrons. The minimum atomic E-state index is -1.68. The Kier molecular flexibility index (Phi) is 20.5. The Morgan fingerprint density at radius 2 is 1.28 bits per heavy atom. The van der Waals surface area contributed by atoms with E-state index >= 15 is 0 Å². The zero-order valence-electron chi connectivity index (χ0n) is 29.6. The maximum absolute atomic E-state index is 13.6. The highest BCUT2D eigenvalue weighted by molar-refractivity contribution is 7.98. The number of nitrogens with two attached hydrogens (primary N) is 2. The number of thioether (sulfide) groups is 1. The monoisotopic (exact) mass is 770 g/mol. The number of aliphatic hydroxyl groups excluding tert-OH is 2. The number of rotatable bonds is 24. The van der Waals surface area contributed by atoms with Gasteiger partial charge >= 0.3 is 5.97 Å². The number of amides is 7. The molecule has 0 heterocycles. The van der Waals surface area contributed by atoms with Crippen molar-refractivity contribution in [3.05, 3.63) is 29.8 Å². The van der Waals surface area contributed by atoms with Gasteiger partial charge in [-0.2, -0.15) is 11.8 Å². The van der Waals surface area contributed by atoms with E-state index in [2.05, 4.69) is 31.9 Å². The highest BCUT2D eigenvalue weighted by Crippen LogP contribution is 2.12. The summed E-state index contributed by atoms with van der Waals surface area (Å²) in [7, 11) is 0. The molecule has 0 aliphatic heterocycles. The number of aromatic hydroxyl groups is 1. The average Bonchev–Trinajstić information content (AvgIpc) is 3.09. The molecule has 0 spiro atoms. The van der Waals surface area contributed by atoms with E-state index in [4.69, 9.17) is 11.5 Å². The first kappa shape index (κ1) is 46.0. The van der Waals surface area contributed by atoms with Crippen molar-refractivity contribution in [1.82, 2.24) is 31.9 Å². The van der Waals surface area contributed by atoms with E-state index in [1.807, 2.05) is 0 Å². The second kappa shape index (κ2) is 23.5. The number of phenols is 1. The molecule has 0 aromatic heterocycles. The third-order valence-electron chi connectivity index (χ3n) is 7.40. The van der Waals surface area contributed by atoms with Gasteiger partial charge in [-0.05, 0) is 48.5 Å². The Hall–Kier alpha value is -4.99. The van der Waals surface area contributed by atoms with Crippen LogP contribution in [0.15, 0.2) is 24.3 Å². The number of carboxylic acid groups (broad SMARTS) is 1. The van der Waals surface area contributed by atoms with Crippen LogP contribution in [0, 0.1) is 5.92 Å². The average molecular weight is 771 g/mol. The molecule has 0 bridgehead atoms. The number of hydrogen-bond acceptors (Lipinski definition) is 13. The van der Waals surface area contributed by atoms with Crippen molar-refractivity contribution in [1.29, 1.82) is 0 Å². The van der Waals surface area contributed by atoms with Crippen molar-refractivity contribution in [3.63, 3.8) is 0 Å². The van der Waals surface area contributed by atoms with E-state index in [-0.39, 0.29) is 30.9 Å². The molecule has 6 atom stereocenters. The lowest BCUT2D eigenvalue weighted by Gasteiger charge is -2.26. The summed E-state index contributed by atoms with van der Waals surface area (Å²) >= 11 is 1.39. The largest absolute Gasteiger partial charge is 0.508 e. The first-order valence-corrected chi connectivity index (χ1v) is 17.8. The number of carbonyl (C=O) groups excluding carboxylic acids is 7. The van der Waals surface area contributed by atoms with Gasteiger partial charge in [0.2, 0.25) is 41.4 Å². The Morgan fingerprint density at radius 3 is 1.81 bits per heavy atom. The normalized spacial score (nSPS) is 14.3. The van der Waals surface area contributed by atoms with Crippen molar-refractivity contribution in [2.75, 3.05) is 31.8 Å². The molecule has 14 N–H and O–H groups in total. The van der Waals surface area contributed by atoms with Crippen molar-refractivity contribution in [2.45, 2.75) is 75.8 Å². The maximum Gasteiger partial charge on any atom is 0.326 e. The highest BCUT2D eigenvalue weighted by Gasteiger charge is 2.33. The van der Waals surface area contributed by atoms with Gasteiger partial charge in [-0.1, -0.05) is 26.0 Å². The molecule has 53 heavy (non-hydrogen) atoms. The number of hydrogen-bond donors (Lipinski definition) is 12. The lowest BCUT2D eigenvalue weighted by molar-refractivity contribution is -0.141. The molecule has 0 aliphatic carbocycles. The van der Waals surface area contributed by atoms with Crippen LogP contribution in [0.3, 0.4) is 0 Å². The van der Waals surface area contributed by atoms with Crippen molar-refractivity contribution < 1.29 is 58.8 Å². The molecule has 0 saturated heterocycles. The van der Waals surface area contributed by atoms with Gasteiger partial charge < -0.3 is 63.8 Å². The number of aliphatic carboxylic acids is 1. The molecular weight excluding hydrogens is 720 g/mol. The Labute approximate surface area is 309 Å². The predicted molar refractivity (Wildman–Crippen MR) is 191 cm³/mol. The van der Waals surface area contributed by atoms with Crippen molar-refractivity contribution in [2.24, 2.45) is 17.4 Å². The van der Waals surface area contributed by atoms with Crippen molar-refractivity contribution >= 4 is 59.1 Å². The van der Waals surface area contributed by atoms with E-state index in [0.29, 0.717) is 11.3 Å². The van der Waals surface area contributed by atoms with Crippen molar-refractivity contribution in [3.8, 4) is 5.75 Å². The lowest BCUT2D eigenvalue weighted by atomic mass is 10.0. The Morgan fingerprint density at radius 1 is 0.736 bits per heavy atom. The van der Waals surface area contributed by atoms with E-state index in [0.717, 1.165) is 0 Å². The molecule has 0 aliphatic rings. The van der Waals surface area contributed by atoms with E-state index in [1.165, 1.54) is 36.0 Å². The highest BCUT2D eigenvalue weighted by atomic mass is 32.2. The zero-order chi connectivity index (χ0) is 40.2. The van der Waals surface area contributed by atoms with Crippen LogP contribution in [0.2, 0.25) is 0 Å². The van der Waals surface area contributed by atoms with Gasteiger partial charge in [0.15, 0.2) is 0 Å². The summed E-state index contributed by atoms with van der Waals surface area (Å²) in [6.45, 7) is 1.13. The number of benzene rings is 1. The molecule has 0 unspecified atom stereocenters. The molecule has 1 rings (SSSR count). The molecule has 20 nitrogen and oxygen atoms in total. The summed E-state index contributed by atoms with van der Waals surface area (Å²) in [4.78, 5) is 101. The summed E-state index contributed by atoms with van der Waals surface area (Å²) in [5.41, 5.74) is 11.1. The predicted octanol–water partition coefficient (Wildman–Crippen LogP) is -4.45. The fourth-order valence-corrected chi connectivity index (χ4v) is 5.06. The molecule has 1 aromatic carbocycles. The first-order valence-electron chi connectivity index (χ1n) is 16.5. The van der Waals surface area contributed by atoms with Crippen LogP contribution in [0.4, 0.5) is 0 Å². The summed E-state index contributed by atoms with van der Waals surface area (Å²) in [6, 6.07) is -3.23. The molecule has 0 fully saturated rings. The van der Waals surface area contributed by atoms with Gasteiger partial charge in [-0.15, -0.1) is 0 Å². The molecule has 296 valence electrons. The van der Waals surface area contributed by atoms with E-state index in [1.54, 1.807) is 20.1 Å². The summed E-state index contributed by atoms with van der Waals surface area (Å²) in [5, 5.41) is 52.2. The second-order valence-corrected chi connectivity index (χ2v) is 13.3. The topological polar surface area (TPSA) is 342 Å². The summed E-state index contributed by atoms with van der Waals surface area (Å²) < 4.78 is 0. The smallest absolute Gasteiger partial charge is 0.326 e. The number of carboxylic acids is 1. The van der Waals surface area contributed by atoms with Crippen LogP contribution >= 0.6 is 11.8 Å². The fraction of sp³-hybridized carbons (Fsp3) is 0.562. The van der Waals surface area contributed by atoms with Gasteiger partial charge in [0, 0.05) is 6.42 Å². The third-order valence-corrected chi connectivity index (χ3v) is 8.05. The third kappa shape index (κ3) is 17.4. The standard InChI is InChI=1S/C32H50N8O12S/c1-16(2)10-21(28(47)35-13-26(45)36-20(32(51)52)8-9-53-3)38-31(50)24(15-42)40-29(48)22(11-17-4-6-18(43)7-5-17)39-30(49)23(12-25(34)44)37-27(46)19(33)14-41/h4-7,16,19-24,41-43H,8-15,33H2,1-3H3,(H2,34,44)(H,35,47)(H,36,45)(H,37,46)(H,38,50)(H,39,49)(H,40,48)(H,51,52)/t19-,20-,21-,22-,23-,24-/m0/s1. The SMILES string of the molecule is CSCC[C@H](NC(=O)CNC(=O)[C@H](CC(C)C)NC(=O)[C@H](CO)NC(=O)[C@H](Cc1ccc(O)cc1)NC(=O)[C@H](CC(N)=O)NC(=O)[C@@H](N)CO)C(=O)O. The minimum absolute atomic E-state index is 0.0587. The second-order valence-electron chi connectivity index (χ2n) is 12.3. The lowest BCUT2D eigenvalue weighted by Crippen LogP contribution is -2.60. The van der Waals surface area contributed by atoms with Crippen LogP contribution in [0.25, 0.3) is 0 Å². The number of carbonyl (C=O) groups is 8. The maximum atomic E-state index is 13.6. The van der Waals surface area contributed by atoms with Gasteiger partial charge in [0.25, 0.3) is 0 Å². The van der Waals surface area contributed by atoms with Crippen LogP contribution in [0.1, 0.15) is 38.7 Å². The molecular formula is C32H50N8O12S. The zero-order valence-corrected chi connectivity index (χ0v) is 30.4. The number of primary amides is 1. The van der Waals surface area contributed by atoms with E-state index in [9.17, 15) is 58.8 Å². The van der Waals surface area contributed by atoms with E-state index < -0.39 is 110 Å². The fourth-order valence-electron chi connectivity index (χ4n) is 4.59. The Balaban J connectivity index is 3.17. The van der Waals surface area contributed by atoms with Crippen LogP contribution in [-0.4, -0.2) is 136 Å². The Bertz CT molecular complexity index is 1430. The summed E-state index contributed by atoms with van der Waals surface area (Å²) in [5.74, 6) is -7.74. The quantitative estimate of drug-likeness (QED) is 0.0472. The van der Waals surface area contributed by atoms with Crippen LogP contribution < -0.4 is 43.4 Å². The van der Waals surface area contributed by atoms with Gasteiger partial charge in [0.1, 0.15) is 42.0 Å². The summed E-state index contributed by atoms with van der Waals surface area (Å²) in [6.07, 6.45) is 1.01. The molecule has 1 aromatic rings. The van der Waals surface area contributed by atoms with Gasteiger partial charge in [-0.3, -0.25) is 33.6 Å². The number of nitrogens with one attached hydrogen (secondary N) is 6. The van der Waals surface area contributed by atoms with Crippen LogP contribution in [0.5, 0.6) is 5.75 Å². The molecule has 0 saturated carbocycles. The number of aliphatic hydroxyl groups is 2. The van der Waals surface area contributed by atoms with Gasteiger partial charge in [0.05, 0.1) is 26.2 Å². The molecule has 21 heteroatoms. The number of phenolic OH excluding ortho intramolecular Hbond substituents is 1.